The van der Waals surface area contributed by atoms with E-state index < -0.39 is 0 Å². The fourth-order valence-corrected chi connectivity index (χ4v) is 2.57. The van der Waals surface area contributed by atoms with Crippen LogP contribution in [0.3, 0.4) is 0 Å². The first-order chi connectivity index (χ1) is 9.89. The topological polar surface area (TPSA) is 37.4 Å². The summed E-state index contributed by atoms with van der Waals surface area (Å²) < 4.78 is 19.0. The summed E-state index contributed by atoms with van der Waals surface area (Å²) in [5.41, 5.74) is 0.891. The van der Waals surface area contributed by atoms with Crippen LogP contribution in [0.15, 0.2) is 12.3 Å². The van der Waals surface area contributed by atoms with Crippen molar-refractivity contribution in [2.75, 3.05) is 25.1 Å². The largest absolute Gasteiger partial charge is 0.380 e. The van der Waals surface area contributed by atoms with Crippen molar-refractivity contribution >= 4 is 5.82 Å². The van der Waals surface area contributed by atoms with Gasteiger partial charge in [0.05, 0.1) is 12.3 Å². The predicted octanol–water partition coefficient (Wildman–Crippen LogP) is 2.72. The van der Waals surface area contributed by atoms with Gasteiger partial charge in [-0.2, -0.15) is 0 Å². The molecular formula is C16H26FN3O. The van der Waals surface area contributed by atoms with Gasteiger partial charge in [0.2, 0.25) is 0 Å². The maximum Gasteiger partial charge on any atom is 0.141 e. The van der Waals surface area contributed by atoms with Crippen LogP contribution < -0.4 is 10.2 Å². The fourth-order valence-electron chi connectivity index (χ4n) is 2.57. The van der Waals surface area contributed by atoms with Crippen molar-refractivity contribution in [2.45, 2.75) is 51.8 Å². The highest BCUT2D eigenvalue weighted by atomic mass is 19.1. The number of hydrogen-bond acceptors (Lipinski definition) is 4. The number of halogens is 1. The van der Waals surface area contributed by atoms with Gasteiger partial charge in [-0.25, -0.2) is 9.37 Å². The standard InChI is InChI=1S/C16H26FN3O/c1-16(2,3)19-9-12-8-13(17)10-18-15(12)20-7-5-6-14(11-20)21-4/h8,10,14,19H,5-7,9,11H2,1-4H3. The Labute approximate surface area is 126 Å². The molecule has 1 aromatic heterocycles. The van der Waals surface area contributed by atoms with E-state index >= 15 is 0 Å². The average Bonchev–Trinajstić information content (AvgIpc) is 2.44. The SMILES string of the molecule is COC1CCCN(c2ncc(F)cc2CNC(C)(C)C)C1. The Kier molecular flexibility index (Phi) is 5.17. The molecule has 1 unspecified atom stereocenters. The molecule has 1 atom stereocenters. The summed E-state index contributed by atoms with van der Waals surface area (Å²) in [7, 11) is 1.74. The van der Waals surface area contributed by atoms with Crippen LogP contribution in [0.25, 0.3) is 0 Å². The number of ether oxygens (including phenoxy) is 1. The van der Waals surface area contributed by atoms with Crippen molar-refractivity contribution in [3.05, 3.63) is 23.6 Å². The molecule has 4 nitrogen and oxygen atoms in total. The zero-order chi connectivity index (χ0) is 15.5. The van der Waals surface area contributed by atoms with Crippen LogP contribution in [-0.2, 0) is 11.3 Å². The molecule has 1 aliphatic heterocycles. The number of rotatable bonds is 4. The van der Waals surface area contributed by atoms with E-state index in [9.17, 15) is 4.39 Å². The second-order valence-corrected chi connectivity index (χ2v) is 6.69. The van der Waals surface area contributed by atoms with Crippen molar-refractivity contribution in [3.63, 3.8) is 0 Å². The molecule has 0 amide bonds. The molecule has 0 bridgehead atoms. The minimum atomic E-state index is -0.287. The van der Waals surface area contributed by atoms with Gasteiger partial charge in [-0.3, -0.25) is 0 Å². The molecule has 0 aromatic carbocycles. The summed E-state index contributed by atoms with van der Waals surface area (Å²) in [5.74, 6) is 0.583. The Morgan fingerprint density at radius 3 is 2.90 bits per heavy atom. The Hall–Kier alpha value is -1.20. The van der Waals surface area contributed by atoms with Gasteiger partial charge in [-0.05, 0) is 39.7 Å². The molecule has 1 N–H and O–H groups in total. The second-order valence-electron chi connectivity index (χ2n) is 6.69. The van der Waals surface area contributed by atoms with Gasteiger partial charge in [0, 0.05) is 37.8 Å². The van der Waals surface area contributed by atoms with Gasteiger partial charge in [0.1, 0.15) is 11.6 Å². The van der Waals surface area contributed by atoms with Gasteiger partial charge in [0.25, 0.3) is 0 Å². The summed E-state index contributed by atoms with van der Waals surface area (Å²) in [6, 6.07) is 1.58. The summed E-state index contributed by atoms with van der Waals surface area (Å²) >= 11 is 0. The van der Waals surface area contributed by atoms with Crippen LogP contribution in [0.5, 0.6) is 0 Å². The van der Waals surface area contributed by atoms with Crippen LogP contribution in [0.1, 0.15) is 39.2 Å². The molecule has 1 aromatic rings. The molecule has 2 heterocycles. The normalized spacial score (nSPS) is 19.9. The number of piperidine rings is 1. The monoisotopic (exact) mass is 295 g/mol. The Morgan fingerprint density at radius 1 is 1.48 bits per heavy atom. The molecule has 5 heteroatoms. The highest BCUT2D eigenvalue weighted by molar-refractivity contribution is 5.47. The highest BCUT2D eigenvalue weighted by Crippen LogP contribution is 2.24. The van der Waals surface area contributed by atoms with Crippen molar-refractivity contribution in [2.24, 2.45) is 0 Å². The van der Waals surface area contributed by atoms with Crippen LogP contribution in [0.2, 0.25) is 0 Å². The lowest BCUT2D eigenvalue weighted by molar-refractivity contribution is 0.0891. The minimum absolute atomic E-state index is 0.0133. The maximum absolute atomic E-state index is 13.5. The molecular weight excluding hydrogens is 269 g/mol. The zero-order valence-corrected chi connectivity index (χ0v) is 13.4. The van der Waals surface area contributed by atoms with Gasteiger partial charge < -0.3 is 15.0 Å². The number of pyridine rings is 1. The molecule has 1 fully saturated rings. The Balaban J connectivity index is 2.17. The quantitative estimate of drug-likeness (QED) is 0.927. The Morgan fingerprint density at radius 2 is 2.24 bits per heavy atom. The van der Waals surface area contributed by atoms with E-state index in [1.165, 1.54) is 6.20 Å². The summed E-state index contributed by atoms with van der Waals surface area (Å²) in [6.07, 6.45) is 3.67. The number of anilines is 1. The van der Waals surface area contributed by atoms with Crippen LogP contribution in [-0.4, -0.2) is 36.8 Å². The lowest BCUT2D eigenvalue weighted by Gasteiger charge is -2.34. The van der Waals surface area contributed by atoms with E-state index in [4.69, 9.17) is 4.74 Å². The van der Waals surface area contributed by atoms with Gasteiger partial charge in [-0.1, -0.05) is 0 Å². The van der Waals surface area contributed by atoms with Crippen molar-refractivity contribution < 1.29 is 9.13 Å². The molecule has 1 aliphatic rings. The third kappa shape index (κ3) is 4.64. The van der Waals surface area contributed by atoms with Crippen LogP contribution in [0.4, 0.5) is 10.2 Å². The van der Waals surface area contributed by atoms with Crippen molar-refractivity contribution in [1.82, 2.24) is 10.3 Å². The first kappa shape index (κ1) is 16.2. The molecule has 0 radical (unpaired) electrons. The minimum Gasteiger partial charge on any atom is -0.380 e. The molecule has 1 saturated heterocycles. The molecule has 0 saturated carbocycles. The third-order valence-electron chi connectivity index (χ3n) is 3.73. The summed E-state index contributed by atoms with van der Waals surface area (Å²) in [4.78, 5) is 6.53. The summed E-state index contributed by atoms with van der Waals surface area (Å²) in [5, 5.41) is 3.41. The second kappa shape index (κ2) is 6.71. The number of nitrogens with zero attached hydrogens (tertiary/aromatic N) is 2. The molecule has 21 heavy (non-hydrogen) atoms. The van der Waals surface area contributed by atoms with E-state index in [1.54, 1.807) is 13.2 Å². The van der Waals surface area contributed by atoms with Gasteiger partial charge in [0.15, 0.2) is 0 Å². The molecule has 118 valence electrons. The third-order valence-corrected chi connectivity index (χ3v) is 3.73. The van der Waals surface area contributed by atoms with E-state index in [-0.39, 0.29) is 17.5 Å². The van der Waals surface area contributed by atoms with Gasteiger partial charge in [-0.15, -0.1) is 0 Å². The van der Waals surface area contributed by atoms with Crippen molar-refractivity contribution in [3.8, 4) is 0 Å². The first-order valence-corrected chi connectivity index (χ1v) is 7.56. The van der Waals surface area contributed by atoms with E-state index in [1.807, 2.05) is 0 Å². The van der Waals surface area contributed by atoms with Crippen LogP contribution in [0, 0.1) is 5.82 Å². The lowest BCUT2D eigenvalue weighted by Crippen LogP contribution is -2.41. The molecule has 2 rings (SSSR count). The van der Waals surface area contributed by atoms with Crippen LogP contribution >= 0.6 is 0 Å². The fraction of sp³-hybridized carbons (Fsp3) is 0.688. The predicted molar refractivity (Wildman–Crippen MR) is 83.0 cm³/mol. The van der Waals surface area contributed by atoms with Crippen molar-refractivity contribution in [1.29, 1.82) is 0 Å². The van der Waals surface area contributed by atoms with Gasteiger partial charge >= 0.3 is 0 Å². The number of hydrogen-bond donors (Lipinski definition) is 1. The number of nitrogens with one attached hydrogen (secondary N) is 1. The van der Waals surface area contributed by atoms with E-state index in [0.717, 1.165) is 37.3 Å². The number of methoxy groups -OCH3 is 1. The van der Waals surface area contributed by atoms with E-state index in [0.29, 0.717) is 6.54 Å². The zero-order valence-electron chi connectivity index (χ0n) is 13.4. The molecule has 0 aliphatic carbocycles. The number of aromatic nitrogens is 1. The summed E-state index contributed by atoms with van der Waals surface area (Å²) in [6.45, 7) is 8.67. The smallest absolute Gasteiger partial charge is 0.141 e. The lowest BCUT2D eigenvalue weighted by atomic mass is 10.1. The van der Waals surface area contributed by atoms with E-state index in [2.05, 4.69) is 36.0 Å². The average molecular weight is 295 g/mol. The maximum atomic E-state index is 13.5. The molecule has 0 spiro atoms. The Bertz CT molecular complexity index is 473. The highest BCUT2D eigenvalue weighted by Gasteiger charge is 2.23. The first-order valence-electron chi connectivity index (χ1n) is 7.56.